The standard InChI is InChI=1S/C29H50N6O9/c1-7-17(6)24(34-27(41)23(30)16(4)5)28(42)32-18(13-21(36)35-10-8-9-11-35)25(39)31-19(14-22(37)38)26(40)33-20(29(43)44)12-15(2)3/h15-20,23-24H,7-14,30H2,1-6H3,(H,31,39)(H,32,42)(H,33,40)(H,34,41)(H,37,38)(H,43,44)/t17?,18-,19-,20-,23-,24-/m0/s1. The average molecular weight is 627 g/mol. The summed E-state index contributed by atoms with van der Waals surface area (Å²) in [6.07, 6.45) is 0.702. The number of rotatable bonds is 18. The molecular weight excluding hydrogens is 576 g/mol. The van der Waals surface area contributed by atoms with E-state index in [2.05, 4.69) is 21.3 Å². The Morgan fingerprint density at radius 3 is 1.68 bits per heavy atom. The number of nitrogens with one attached hydrogen (secondary N) is 4. The highest BCUT2D eigenvalue weighted by Crippen LogP contribution is 2.14. The van der Waals surface area contributed by atoms with Crippen LogP contribution in [0, 0.1) is 17.8 Å². The molecule has 0 aliphatic carbocycles. The van der Waals surface area contributed by atoms with Crippen LogP contribution >= 0.6 is 0 Å². The Bertz CT molecular complexity index is 1040. The number of hydrogen-bond donors (Lipinski definition) is 7. The van der Waals surface area contributed by atoms with Crippen molar-refractivity contribution in [1.82, 2.24) is 26.2 Å². The molecule has 0 aromatic rings. The molecule has 44 heavy (non-hydrogen) atoms. The zero-order valence-corrected chi connectivity index (χ0v) is 26.6. The minimum Gasteiger partial charge on any atom is -0.481 e. The van der Waals surface area contributed by atoms with Gasteiger partial charge in [-0.15, -0.1) is 0 Å². The van der Waals surface area contributed by atoms with Gasteiger partial charge in [-0.2, -0.15) is 0 Å². The first-order valence-corrected chi connectivity index (χ1v) is 15.2. The number of carbonyl (C=O) groups excluding carboxylic acids is 5. The lowest BCUT2D eigenvalue weighted by Crippen LogP contribution is -2.60. The van der Waals surface area contributed by atoms with E-state index >= 15 is 0 Å². The second-order valence-corrected chi connectivity index (χ2v) is 12.2. The molecule has 0 aromatic heterocycles. The second kappa shape index (κ2) is 18.1. The fourth-order valence-electron chi connectivity index (χ4n) is 4.62. The lowest BCUT2D eigenvalue weighted by atomic mass is 9.96. The number of carboxylic acids is 2. The summed E-state index contributed by atoms with van der Waals surface area (Å²) in [5.74, 6) is -7.33. The number of carbonyl (C=O) groups is 7. The quantitative estimate of drug-likeness (QED) is 0.104. The molecule has 250 valence electrons. The Labute approximate surface area is 258 Å². The predicted octanol–water partition coefficient (Wildman–Crippen LogP) is -0.427. The fraction of sp³-hybridized carbons (Fsp3) is 0.759. The van der Waals surface area contributed by atoms with Gasteiger partial charge in [0.1, 0.15) is 24.2 Å². The van der Waals surface area contributed by atoms with Crippen molar-refractivity contribution in [2.75, 3.05) is 13.1 Å². The van der Waals surface area contributed by atoms with Crippen molar-refractivity contribution in [2.45, 2.75) is 110 Å². The summed E-state index contributed by atoms with van der Waals surface area (Å²) in [5.41, 5.74) is 5.96. The molecule has 1 aliphatic rings. The Morgan fingerprint density at radius 2 is 1.23 bits per heavy atom. The normalized spacial score (nSPS) is 17.2. The van der Waals surface area contributed by atoms with Crippen LogP contribution in [0.25, 0.3) is 0 Å². The van der Waals surface area contributed by atoms with Gasteiger partial charge in [0, 0.05) is 13.1 Å². The molecule has 15 heteroatoms. The fourth-order valence-corrected chi connectivity index (χ4v) is 4.62. The van der Waals surface area contributed by atoms with Gasteiger partial charge in [-0.1, -0.05) is 48.0 Å². The molecular formula is C29H50N6O9. The number of nitrogens with two attached hydrogens (primary N) is 1. The van der Waals surface area contributed by atoms with E-state index in [1.807, 2.05) is 0 Å². The summed E-state index contributed by atoms with van der Waals surface area (Å²) in [6.45, 7) is 11.4. The zero-order chi connectivity index (χ0) is 33.7. The van der Waals surface area contributed by atoms with Crippen LogP contribution < -0.4 is 27.0 Å². The van der Waals surface area contributed by atoms with Crippen LogP contribution in [0.15, 0.2) is 0 Å². The van der Waals surface area contributed by atoms with Crippen LogP contribution in [-0.2, 0) is 33.6 Å². The third-order valence-electron chi connectivity index (χ3n) is 7.62. The molecule has 1 saturated heterocycles. The van der Waals surface area contributed by atoms with Crippen LogP contribution in [0.4, 0.5) is 0 Å². The summed E-state index contributed by atoms with van der Waals surface area (Å²) in [7, 11) is 0. The largest absolute Gasteiger partial charge is 0.481 e. The molecule has 0 spiro atoms. The van der Waals surface area contributed by atoms with Crippen molar-refractivity contribution in [3.63, 3.8) is 0 Å². The lowest BCUT2D eigenvalue weighted by molar-refractivity contribution is -0.144. The van der Waals surface area contributed by atoms with Crippen molar-refractivity contribution in [3.05, 3.63) is 0 Å². The van der Waals surface area contributed by atoms with Crippen molar-refractivity contribution in [1.29, 1.82) is 0 Å². The van der Waals surface area contributed by atoms with Gasteiger partial charge in [-0.25, -0.2) is 4.79 Å². The minimum atomic E-state index is -1.70. The number of hydrogen-bond acceptors (Lipinski definition) is 8. The first-order chi connectivity index (χ1) is 20.5. The van der Waals surface area contributed by atoms with Gasteiger partial charge in [0.15, 0.2) is 0 Å². The SMILES string of the molecule is CCC(C)[C@H](NC(=O)[C@@H](N)C(C)C)C(=O)N[C@@H](CC(=O)N1CCCC1)C(=O)N[C@@H](CC(=O)O)C(=O)N[C@@H](CC(C)C)C(=O)O. The first kappa shape index (κ1) is 38.3. The summed E-state index contributed by atoms with van der Waals surface area (Å²) in [6, 6.07) is -6.58. The van der Waals surface area contributed by atoms with Gasteiger partial charge >= 0.3 is 11.9 Å². The number of amides is 5. The van der Waals surface area contributed by atoms with E-state index in [0.717, 1.165) is 12.8 Å². The van der Waals surface area contributed by atoms with Crippen LogP contribution in [0.1, 0.15) is 80.1 Å². The van der Waals surface area contributed by atoms with Gasteiger partial charge < -0.3 is 42.1 Å². The molecule has 8 N–H and O–H groups in total. The Morgan fingerprint density at radius 1 is 0.727 bits per heavy atom. The Kier molecular flexibility index (Phi) is 15.8. The molecule has 0 saturated carbocycles. The highest BCUT2D eigenvalue weighted by Gasteiger charge is 2.36. The van der Waals surface area contributed by atoms with E-state index in [1.165, 1.54) is 4.90 Å². The second-order valence-electron chi connectivity index (χ2n) is 12.2. The number of aliphatic carboxylic acids is 2. The highest BCUT2D eigenvalue weighted by atomic mass is 16.4. The Balaban J connectivity index is 3.29. The third kappa shape index (κ3) is 12.5. The summed E-state index contributed by atoms with van der Waals surface area (Å²) in [5, 5.41) is 28.6. The van der Waals surface area contributed by atoms with Crippen molar-refractivity contribution >= 4 is 41.5 Å². The van der Waals surface area contributed by atoms with Crippen molar-refractivity contribution in [3.8, 4) is 0 Å². The average Bonchev–Trinajstić information content (AvgIpc) is 3.48. The maximum Gasteiger partial charge on any atom is 0.326 e. The van der Waals surface area contributed by atoms with Gasteiger partial charge in [0.2, 0.25) is 29.5 Å². The van der Waals surface area contributed by atoms with E-state index < -0.39 is 90.4 Å². The topological polar surface area (TPSA) is 237 Å². The van der Waals surface area contributed by atoms with Crippen LogP contribution in [0.5, 0.6) is 0 Å². The molecule has 0 radical (unpaired) electrons. The maximum atomic E-state index is 13.5. The smallest absolute Gasteiger partial charge is 0.326 e. The predicted molar refractivity (Wildman–Crippen MR) is 160 cm³/mol. The summed E-state index contributed by atoms with van der Waals surface area (Å²) >= 11 is 0. The molecule has 1 fully saturated rings. The maximum absolute atomic E-state index is 13.5. The van der Waals surface area contributed by atoms with Crippen LogP contribution in [-0.4, -0.2) is 99.9 Å². The van der Waals surface area contributed by atoms with Crippen LogP contribution in [0.2, 0.25) is 0 Å². The molecule has 0 aromatic carbocycles. The zero-order valence-electron chi connectivity index (χ0n) is 26.6. The monoisotopic (exact) mass is 626 g/mol. The lowest BCUT2D eigenvalue weighted by Gasteiger charge is -2.29. The Hall–Kier alpha value is -3.75. The number of nitrogens with zero attached hydrogens (tertiary/aromatic N) is 1. The number of carboxylic acid groups (broad SMARTS) is 2. The van der Waals surface area contributed by atoms with Crippen molar-refractivity contribution < 1.29 is 43.8 Å². The van der Waals surface area contributed by atoms with Crippen LogP contribution in [0.3, 0.4) is 0 Å². The summed E-state index contributed by atoms with van der Waals surface area (Å²) in [4.78, 5) is 90.5. The molecule has 1 rings (SSSR count). The van der Waals surface area contributed by atoms with E-state index in [9.17, 15) is 43.8 Å². The van der Waals surface area contributed by atoms with E-state index in [4.69, 9.17) is 5.73 Å². The van der Waals surface area contributed by atoms with E-state index in [1.54, 1.807) is 41.5 Å². The summed E-state index contributed by atoms with van der Waals surface area (Å²) < 4.78 is 0. The molecule has 15 nitrogen and oxygen atoms in total. The molecule has 1 heterocycles. The minimum absolute atomic E-state index is 0.0566. The first-order valence-electron chi connectivity index (χ1n) is 15.2. The van der Waals surface area contributed by atoms with E-state index in [-0.39, 0.29) is 18.3 Å². The molecule has 0 bridgehead atoms. The van der Waals surface area contributed by atoms with Gasteiger partial charge in [0.05, 0.1) is 18.9 Å². The molecule has 5 amide bonds. The van der Waals surface area contributed by atoms with E-state index in [0.29, 0.717) is 19.5 Å². The number of likely N-dealkylation sites (tertiary alicyclic amines) is 1. The highest BCUT2D eigenvalue weighted by molar-refractivity contribution is 5.98. The third-order valence-corrected chi connectivity index (χ3v) is 7.62. The molecule has 1 aliphatic heterocycles. The van der Waals surface area contributed by atoms with Gasteiger partial charge in [0.25, 0.3) is 0 Å². The molecule has 1 unspecified atom stereocenters. The molecule has 6 atom stereocenters. The van der Waals surface area contributed by atoms with Gasteiger partial charge in [-0.3, -0.25) is 28.8 Å². The van der Waals surface area contributed by atoms with Crippen molar-refractivity contribution in [2.24, 2.45) is 23.5 Å². The van der Waals surface area contributed by atoms with Gasteiger partial charge in [-0.05, 0) is 37.0 Å².